The van der Waals surface area contributed by atoms with Gasteiger partial charge in [-0.3, -0.25) is 4.79 Å². The summed E-state index contributed by atoms with van der Waals surface area (Å²) in [6.45, 7) is 2.41. The molecule has 92 valence electrons. The molecular formula is C12H13N5O. The number of nitrogens with zero attached hydrogens (tertiary/aromatic N) is 4. The third kappa shape index (κ3) is 3.46. The van der Waals surface area contributed by atoms with Gasteiger partial charge < -0.3 is 10.2 Å². The van der Waals surface area contributed by atoms with Gasteiger partial charge in [0.1, 0.15) is 18.9 Å². The van der Waals surface area contributed by atoms with Crippen LogP contribution in [0, 0.1) is 22.7 Å². The Kier molecular flexibility index (Phi) is 5.14. The third-order valence-corrected chi connectivity index (χ3v) is 2.18. The van der Waals surface area contributed by atoms with E-state index in [2.05, 4.69) is 10.3 Å². The van der Waals surface area contributed by atoms with E-state index in [0.717, 1.165) is 0 Å². The molecule has 1 heterocycles. The highest BCUT2D eigenvalue weighted by molar-refractivity contribution is 5.95. The number of nitrogens with one attached hydrogen (secondary N) is 1. The third-order valence-electron chi connectivity index (χ3n) is 2.18. The lowest BCUT2D eigenvalue weighted by atomic mass is 10.2. The zero-order chi connectivity index (χ0) is 13.4. The molecule has 0 bridgehead atoms. The second-order valence-corrected chi connectivity index (χ2v) is 3.44. The van der Waals surface area contributed by atoms with Gasteiger partial charge in [0.25, 0.3) is 5.91 Å². The Hall–Kier alpha value is -2.60. The van der Waals surface area contributed by atoms with Crippen molar-refractivity contribution in [2.45, 2.75) is 6.92 Å². The Bertz CT molecular complexity index is 484. The minimum atomic E-state index is -0.348. The number of amides is 1. The summed E-state index contributed by atoms with van der Waals surface area (Å²) in [5.74, 6) is 0.247. The number of carbonyl (C=O) groups is 1. The number of anilines is 1. The van der Waals surface area contributed by atoms with Crippen molar-refractivity contribution in [3.63, 3.8) is 0 Å². The predicted octanol–water partition coefficient (Wildman–Crippen LogP) is 1.00. The molecule has 1 amide bonds. The van der Waals surface area contributed by atoms with Crippen molar-refractivity contribution in [1.82, 2.24) is 9.88 Å². The monoisotopic (exact) mass is 243 g/mol. The molecule has 0 saturated heterocycles. The standard InChI is InChI=1S/C12H13N5O/c1-2-15-11-9-10(3-6-16-11)12(18)17(7-4-13)8-5-14/h3,6,9H,2,7-8H2,1H3,(H,15,16). The lowest BCUT2D eigenvalue weighted by Gasteiger charge is -2.16. The highest BCUT2D eigenvalue weighted by Gasteiger charge is 2.15. The maximum absolute atomic E-state index is 12.0. The van der Waals surface area contributed by atoms with Crippen molar-refractivity contribution in [3.8, 4) is 12.1 Å². The minimum Gasteiger partial charge on any atom is -0.370 e. The van der Waals surface area contributed by atoms with Crippen molar-refractivity contribution in [1.29, 1.82) is 10.5 Å². The van der Waals surface area contributed by atoms with E-state index in [1.807, 2.05) is 19.1 Å². The molecule has 0 aliphatic heterocycles. The van der Waals surface area contributed by atoms with Crippen LogP contribution in [0.15, 0.2) is 18.3 Å². The number of carbonyl (C=O) groups excluding carboxylic acids is 1. The molecule has 0 atom stereocenters. The van der Waals surface area contributed by atoms with Crippen LogP contribution in [0.3, 0.4) is 0 Å². The Labute approximate surface area is 105 Å². The Morgan fingerprint density at radius 1 is 1.44 bits per heavy atom. The molecule has 0 fully saturated rings. The van der Waals surface area contributed by atoms with E-state index >= 15 is 0 Å². The average molecular weight is 243 g/mol. The van der Waals surface area contributed by atoms with Crippen molar-refractivity contribution >= 4 is 11.7 Å². The second kappa shape index (κ2) is 6.87. The van der Waals surface area contributed by atoms with Crippen LogP contribution in [0.25, 0.3) is 0 Å². The number of aromatic nitrogens is 1. The number of hydrogen-bond acceptors (Lipinski definition) is 5. The molecule has 0 spiro atoms. The zero-order valence-electron chi connectivity index (χ0n) is 10.1. The fraction of sp³-hybridized carbons (Fsp3) is 0.333. The van der Waals surface area contributed by atoms with Crippen molar-refractivity contribution in [2.75, 3.05) is 25.0 Å². The molecule has 0 unspecified atom stereocenters. The molecule has 0 aromatic carbocycles. The average Bonchev–Trinajstić information content (AvgIpc) is 2.38. The molecule has 6 nitrogen and oxygen atoms in total. The summed E-state index contributed by atoms with van der Waals surface area (Å²) in [6.07, 6.45) is 1.52. The quantitative estimate of drug-likeness (QED) is 0.779. The Morgan fingerprint density at radius 2 is 2.11 bits per heavy atom. The first kappa shape index (κ1) is 13.5. The summed E-state index contributed by atoms with van der Waals surface area (Å²) in [5, 5.41) is 20.2. The van der Waals surface area contributed by atoms with Gasteiger partial charge in [-0.05, 0) is 19.1 Å². The van der Waals surface area contributed by atoms with Gasteiger partial charge in [0, 0.05) is 18.3 Å². The van der Waals surface area contributed by atoms with Gasteiger partial charge in [0.2, 0.25) is 0 Å². The second-order valence-electron chi connectivity index (χ2n) is 3.44. The normalized spacial score (nSPS) is 9.06. The maximum Gasteiger partial charge on any atom is 0.255 e. The van der Waals surface area contributed by atoms with Crippen LogP contribution in [-0.2, 0) is 0 Å². The Morgan fingerprint density at radius 3 is 2.67 bits per heavy atom. The van der Waals surface area contributed by atoms with Crippen molar-refractivity contribution in [2.24, 2.45) is 0 Å². The first-order chi connectivity index (χ1) is 8.72. The summed E-state index contributed by atoms with van der Waals surface area (Å²) in [7, 11) is 0. The van der Waals surface area contributed by atoms with E-state index in [9.17, 15) is 4.79 Å². The van der Waals surface area contributed by atoms with Crippen molar-refractivity contribution < 1.29 is 4.79 Å². The number of pyridine rings is 1. The topological polar surface area (TPSA) is 92.8 Å². The summed E-state index contributed by atoms with van der Waals surface area (Å²) in [6, 6.07) is 6.90. The van der Waals surface area contributed by atoms with Crippen LogP contribution in [-0.4, -0.2) is 35.4 Å². The van der Waals surface area contributed by atoms with Crippen molar-refractivity contribution in [3.05, 3.63) is 23.9 Å². The van der Waals surface area contributed by atoms with E-state index in [1.165, 1.54) is 11.1 Å². The molecule has 6 heteroatoms. The number of rotatable bonds is 5. The highest BCUT2D eigenvalue weighted by Crippen LogP contribution is 2.09. The molecule has 1 N–H and O–H groups in total. The Balaban J connectivity index is 2.91. The molecule has 0 radical (unpaired) electrons. The maximum atomic E-state index is 12.0. The van der Waals surface area contributed by atoms with E-state index in [1.54, 1.807) is 12.1 Å². The summed E-state index contributed by atoms with van der Waals surface area (Å²) in [5.41, 5.74) is 0.409. The van der Waals surface area contributed by atoms with Gasteiger partial charge in [0.05, 0.1) is 12.1 Å². The van der Waals surface area contributed by atoms with E-state index < -0.39 is 0 Å². The molecule has 0 saturated carbocycles. The fourth-order valence-electron chi connectivity index (χ4n) is 1.39. The number of nitriles is 2. The fourth-order valence-corrected chi connectivity index (χ4v) is 1.39. The predicted molar refractivity (Wildman–Crippen MR) is 65.5 cm³/mol. The van der Waals surface area contributed by atoms with Gasteiger partial charge in [-0.2, -0.15) is 10.5 Å². The number of hydrogen-bond donors (Lipinski definition) is 1. The molecular weight excluding hydrogens is 230 g/mol. The highest BCUT2D eigenvalue weighted by atomic mass is 16.2. The molecule has 18 heavy (non-hydrogen) atoms. The molecule has 1 aromatic rings. The SMILES string of the molecule is CCNc1cc(C(=O)N(CC#N)CC#N)ccn1. The lowest BCUT2D eigenvalue weighted by Crippen LogP contribution is -2.31. The van der Waals surface area contributed by atoms with Crippen LogP contribution in [0.1, 0.15) is 17.3 Å². The molecule has 0 aliphatic rings. The minimum absolute atomic E-state index is 0.106. The van der Waals surface area contributed by atoms with Gasteiger partial charge >= 0.3 is 0 Å². The summed E-state index contributed by atoms with van der Waals surface area (Å²) >= 11 is 0. The van der Waals surface area contributed by atoms with Crippen LogP contribution in [0.4, 0.5) is 5.82 Å². The largest absolute Gasteiger partial charge is 0.370 e. The summed E-state index contributed by atoms with van der Waals surface area (Å²) in [4.78, 5) is 17.3. The molecule has 1 rings (SSSR count). The van der Waals surface area contributed by atoms with E-state index in [4.69, 9.17) is 10.5 Å². The van der Waals surface area contributed by atoms with Gasteiger partial charge in [-0.25, -0.2) is 4.98 Å². The smallest absolute Gasteiger partial charge is 0.255 e. The summed E-state index contributed by atoms with van der Waals surface area (Å²) < 4.78 is 0. The van der Waals surface area contributed by atoms with Gasteiger partial charge in [0.15, 0.2) is 0 Å². The first-order valence-electron chi connectivity index (χ1n) is 5.46. The first-order valence-corrected chi connectivity index (χ1v) is 5.46. The van der Waals surface area contributed by atoms with E-state index in [-0.39, 0.29) is 19.0 Å². The molecule has 0 aliphatic carbocycles. The molecule has 1 aromatic heterocycles. The lowest BCUT2D eigenvalue weighted by molar-refractivity contribution is 0.0794. The van der Waals surface area contributed by atoms with Crippen LogP contribution < -0.4 is 5.32 Å². The van der Waals surface area contributed by atoms with E-state index in [0.29, 0.717) is 17.9 Å². The van der Waals surface area contributed by atoms with Gasteiger partial charge in [-0.15, -0.1) is 0 Å². The van der Waals surface area contributed by atoms with Gasteiger partial charge in [-0.1, -0.05) is 0 Å². The van der Waals surface area contributed by atoms with Crippen LogP contribution in [0.5, 0.6) is 0 Å². The zero-order valence-corrected chi connectivity index (χ0v) is 10.1. The van der Waals surface area contributed by atoms with Crippen LogP contribution in [0.2, 0.25) is 0 Å². The van der Waals surface area contributed by atoms with Crippen LogP contribution >= 0.6 is 0 Å².